The number of likely N-dealkylation sites (tertiary alicyclic amines) is 1. The number of amides is 2. The fraction of sp³-hybridized carbons (Fsp3) is 0.556. The largest absolute Gasteiger partial charge is 0.352 e. The molecule has 2 aliphatic heterocycles. The normalized spacial score (nSPS) is 21.7. The molecule has 1 atom stereocenters. The van der Waals surface area contributed by atoms with Crippen molar-refractivity contribution in [2.45, 2.75) is 38.0 Å². The summed E-state index contributed by atoms with van der Waals surface area (Å²) >= 11 is 0. The molecule has 0 bridgehead atoms. The predicted octanol–water partition coefficient (Wildman–Crippen LogP) is 1.56. The van der Waals surface area contributed by atoms with Crippen LogP contribution in [0.1, 0.15) is 36.0 Å². The monoisotopic (exact) mass is 332 g/mol. The summed E-state index contributed by atoms with van der Waals surface area (Å²) in [6.07, 6.45) is 3.00. The number of hydrogen-bond acceptors (Lipinski definition) is 4. The fourth-order valence-corrected chi connectivity index (χ4v) is 3.27. The predicted molar refractivity (Wildman–Crippen MR) is 88.4 cm³/mol. The van der Waals surface area contributed by atoms with Gasteiger partial charge in [-0.3, -0.25) is 9.59 Å². The van der Waals surface area contributed by atoms with Crippen LogP contribution in [0.4, 0.5) is 0 Å². The number of carbonyl (C=O) groups excluding carboxylic acids is 2. The van der Waals surface area contributed by atoms with Gasteiger partial charge in [-0.2, -0.15) is 0 Å². The van der Waals surface area contributed by atoms with Crippen molar-refractivity contribution >= 4 is 11.8 Å². The van der Waals surface area contributed by atoms with Gasteiger partial charge in [-0.05, 0) is 31.4 Å². The second-order valence-corrected chi connectivity index (χ2v) is 6.13. The lowest BCUT2D eigenvalue weighted by Crippen LogP contribution is -2.50. The zero-order valence-electron chi connectivity index (χ0n) is 13.8. The highest BCUT2D eigenvalue weighted by Gasteiger charge is 2.35. The fourth-order valence-electron chi connectivity index (χ4n) is 3.27. The number of nitrogens with one attached hydrogen (secondary N) is 1. The number of rotatable bonds is 5. The molecule has 2 heterocycles. The van der Waals surface area contributed by atoms with Gasteiger partial charge in [0.2, 0.25) is 5.91 Å². The second-order valence-electron chi connectivity index (χ2n) is 6.13. The molecule has 2 fully saturated rings. The van der Waals surface area contributed by atoms with E-state index in [1.807, 2.05) is 23.1 Å². The molecule has 1 aromatic rings. The van der Waals surface area contributed by atoms with Gasteiger partial charge in [0.1, 0.15) is 0 Å². The van der Waals surface area contributed by atoms with E-state index in [0.717, 1.165) is 25.8 Å². The Labute approximate surface area is 142 Å². The highest BCUT2D eigenvalue weighted by molar-refractivity contribution is 5.94. The zero-order valence-corrected chi connectivity index (χ0v) is 13.8. The summed E-state index contributed by atoms with van der Waals surface area (Å²) in [4.78, 5) is 26.4. The van der Waals surface area contributed by atoms with E-state index in [1.54, 1.807) is 12.1 Å². The van der Waals surface area contributed by atoms with Gasteiger partial charge in [-0.15, -0.1) is 0 Å². The maximum atomic E-state index is 12.5. The molecule has 1 N–H and O–H groups in total. The van der Waals surface area contributed by atoms with Crippen LogP contribution in [0.15, 0.2) is 30.3 Å². The van der Waals surface area contributed by atoms with Crippen LogP contribution in [-0.4, -0.2) is 55.3 Å². The average molecular weight is 332 g/mol. The molecule has 2 amide bonds. The number of hydrogen-bond donors (Lipinski definition) is 1. The molecular formula is C18H24N2O4. The Kier molecular flexibility index (Phi) is 5.82. The van der Waals surface area contributed by atoms with Crippen LogP contribution in [0.2, 0.25) is 0 Å². The summed E-state index contributed by atoms with van der Waals surface area (Å²) < 4.78 is 11.2. The summed E-state index contributed by atoms with van der Waals surface area (Å²) in [5.74, 6) is -0.104. The Morgan fingerprint density at radius 3 is 2.62 bits per heavy atom. The number of benzene rings is 1. The van der Waals surface area contributed by atoms with E-state index in [4.69, 9.17) is 9.47 Å². The minimum absolute atomic E-state index is 0.00132. The Bertz CT molecular complexity index is 557. The van der Waals surface area contributed by atoms with Gasteiger partial charge in [0.15, 0.2) is 6.29 Å². The van der Waals surface area contributed by atoms with Crippen molar-refractivity contribution in [1.29, 1.82) is 0 Å². The van der Waals surface area contributed by atoms with Gasteiger partial charge >= 0.3 is 0 Å². The molecule has 0 aromatic heterocycles. The molecule has 0 saturated carbocycles. The van der Waals surface area contributed by atoms with Gasteiger partial charge in [0.05, 0.1) is 19.3 Å². The van der Waals surface area contributed by atoms with Crippen molar-refractivity contribution in [3.05, 3.63) is 35.9 Å². The lowest BCUT2D eigenvalue weighted by atomic mass is 10.0. The number of ether oxygens (including phenoxy) is 2. The zero-order chi connectivity index (χ0) is 16.8. The first-order valence-corrected chi connectivity index (χ1v) is 8.61. The first-order chi connectivity index (χ1) is 11.8. The summed E-state index contributed by atoms with van der Waals surface area (Å²) in [6.45, 7) is 2.26. The molecule has 6 heteroatoms. The van der Waals surface area contributed by atoms with Crippen molar-refractivity contribution in [2.24, 2.45) is 0 Å². The number of nitrogens with zero attached hydrogens (tertiary/aromatic N) is 1. The minimum Gasteiger partial charge on any atom is -0.352 e. The quantitative estimate of drug-likeness (QED) is 0.888. The summed E-state index contributed by atoms with van der Waals surface area (Å²) in [5.41, 5.74) is 0.605. The van der Waals surface area contributed by atoms with Crippen molar-refractivity contribution in [3.63, 3.8) is 0 Å². The second kappa shape index (κ2) is 8.26. The number of piperidine rings is 1. The van der Waals surface area contributed by atoms with Crippen LogP contribution in [-0.2, 0) is 14.3 Å². The summed E-state index contributed by atoms with van der Waals surface area (Å²) in [5, 5.41) is 2.80. The highest BCUT2D eigenvalue weighted by atomic mass is 16.7. The third-order valence-corrected chi connectivity index (χ3v) is 4.49. The topological polar surface area (TPSA) is 67.9 Å². The molecule has 1 aromatic carbocycles. The van der Waals surface area contributed by atoms with Crippen LogP contribution in [0.25, 0.3) is 0 Å². The Morgan fingerprint density at radius 1 is 1.12 bits per heavy atom. The van der Waals surface area contributed by atoms with E-state index in [9.17, 15) is 9.59 Å². The Hall–Kier alpha value is -1.92. The van der Waals surface area contributed by atoms with Crippen molar-refractivity contribution in [3.8, 4) is 0 Å². The van der Waals surface area contributed by atoms with Gasteiger partial charge < -0.3 is 19.7 Å². The van der Waals surface area contributed by atoms with E-state index >= 15 is 0 Å². The SMILES string of the molecule is O=C(NCCC(=O)N1CCCCC1C1OCCO1)c1ccccc1. The van der Waals surface area contributed by atoms with E-state index in [0.29, 0.717) is 31.7 Å². The van der Waals surface area contributed by atoms with Gasteiger partial charge in [0, 0.05) is 25.1 Å². The van der Waals surface area contributed by atoms with Crippen LogP contribution in [0.5, 0.6) is 0 Å². The Morgan fingerprint density at radius 2 is 1.88 bits per heavy atom. The van der Waals surface area contributed by atoms with E-state index < -0.39 is 0 Å². The molecule has 0 spiro atoms. The molecule has 1 unspecified atom stereocenters. The highest BCUT2D eigenvalue weighted by Crippen LogP contribution is 2.24. The van der Waals surface area contributed by atoms with Gasteiger partial charge in [-0.25, -0.2) is 0 Å². The van der Waals surface area contributed by atoms with Crippen molar-refractivity contribution < 1.29 is 19.1 Å². The van der Waals surface area contributed by atoms with Crippen LogP contribution in [0.3, 0.4) is 0 Å². The summed E-state index contributed by atoms with van der Waals surface area (Å²) in [6, 6.07) is 9.02. The standard InChI is InChI=1S/C18H24N2O4/c21-16(9-10-19-17(22)14-6-2-1-3-7-14)20-11-5-4-8-15(20)18-23-12-13-24-18/h1-3,6-7,15,18H,4-5,8-13H2,(H,19,22). The third kappa shape index (κ3) is 4.13. The smallest absolute Gasteiger partial charge is 0.251 e. The number of carbonyl (C=O) groups is 2. The third-order valence-electron chi connectivity index (χ3n) is 4.49. The van der Waals surface area contributed by atoms with Crippen LogP contribution >= 0.6 is 0 Å². The van der Waals surface area contributed by atoms with Crippen LogP contribution in [0, 0.1) is 0 Å². The minimum atomic E-state index is -0.298. The lowest BCUT2D eigenvalue weighted by molar-refractivity contribution is -0.150. The first-order valence-electron chi connectivity index (χ1n) is 8.61. The molecular weight excluding hydrogens is 308 g/mol. The van der Waals surface area contributed by atoms with Crippen LogP contribution < -0.4 is 5.32 Å². The maximum absolute atomic E-state index is 12.5. The first kappa shape index (κ1) is 16.9. The maximum Gasteiger partial charge on any atom is 0.251 e. The molecule has 130 valence electrons. The molecule has 0 radical (unpaired) electrons. The van der Waals surface area contributed by atoms with E-state index in [-0.39, 0.29) is 24.1 Å². The van der Waals surface area contributed by atoms with Gasteiger partial charge in [-0.1, -0.05) is 18.2 Å². The van der Waals surface area contributed by atoms with Crippen molar-refractivity contribution in [2.75, 3.05) is 26.3 Å². The van der Waals surface area contributed by atoms with Crippen molar-refractivity contribution in [1.82, 2.24) is 10.2 Å². The summed E-state index contributed by atoms with van der Waals surface area (Å²) in [7, 11) is 0. The van der Waals surface area contributed by atoms with E-state index in [2.05, 4.69) is 5.32 Å². The molecule has 2 saturated heterocycles. The molecule has 6 nitrogen and oxygen atoms in total. The van der Waals surface area contributed by atoms with E-state index in [1.165, 1.54) is 0 Å². The molecule has 24 heavy (non-hydrogen) atoms. The van der Waals surface area contributed by atoms with Gasteiger partial charge in [0.25, 0.3) is 5.91 Å². The molecule has 3 rings (SSSR count). The average Bonchev–Trinajstić information content (AvgIpc) is 3.17. The molecule has 0 aliphatic carbocycles. The molecule has 2 aliphatic rings. The lowest BCUT2D eigenvalue weighted by Gasteiger charge is -2.38. The Balaban J connectivity index is 1.49.